The third-order valence-electron chi connectivity index (χ3n) is 2.56. The van der Waals surface area contributed by atoms with Crippen molar-refractivity contribution in [3.63, 3.8) is 0 Å². The van der Waals surface area contributed by atoms with Crippen LogP contribution in [0.4, 0.5) is 13.2 Å². The zero-order valence-corrected chi connectivity index (χ0v) is 9.40. The molecule has 1 saturated heterocycles. The summed E-state index contributed by atoms with van der Waals surface area (Å²) < 4.78 is 37.6. The molecule has 0 saturated carbocycles. The molecule has 1 rings (SSSR count). The molecule has 1 heterocycles. The van der Waals surface area contributed by atoms with Gasteiger partial charge in [-0.2, -0.15) is 13.2 Å². The molecule has 7 heteroatoms. The average Bonchev–Trinajstić information content (AvgIpc) is 2.14. The monoisotopic (exact) mass is 254 g/mol. The number of likely N-dealkylation sites (tertiary alicyclic amines) is 1. The quantitative estimate of drug-likeness (QED) is 0.776. The Morgan fingerprint density at radius 1 is 1.50 bits per heavy atom. The first-order valence-corrected chi connectivity index (χ1v) is 5.37. The smallest absolute Gasteiger partial charge is 0.393 e. The minimum atomic E-state index is -4.48. The maximum Gasteiger partial charge on any atom is 0.399 e. The molecule has 1 aliphatic rings. The fraction of sp³-hybridized carbons (Fsp3) is 0.778. The van der Waals surface area contributed by atoms with E-state index < -0.39 is 23.6 Å². The number of carbonyl (C=O) groups excluding carboxylic acids is 1. The summed E-state index contributed by atoms with van der Waals surface area (Å²) in [4.78, 5) is 11.9. The maximum atomic E-state index is 12.5. The molecule has 2 N–H and O–H groups in total. The molecule has 1 fully saturated rings. The minimum absolute atomic E-state index is 0.253. The lowest BCUT2D eigenvalue weighted by Crippen LogP contribution is -2.47. The van der Waals surface area contributed by atoms with Crippen molar-refractivity contribution in [3.05, 3.63) is 0 Å². The van der Waals surface area contributed by atoms with Gasteiger partial charge >= 0.3 is 6.18 Å². The third-order valence-corrected chi connectivity index (χ3v) is 2.85. The summed E-state index contributed by atoms with van der Waals surface area (Å²) in [6.45, 7) is -0.0916. The summed E-state index contributed by atoms with van der Waals surface area (Å²) in [6, 6.07) is 0. The molecule has 1 aliphatic heterocycles. The van der Waals surface area contributed by atoms with E-state index in [9.17, 15) is 18.0 Å². The number of rotatable bonds is 3. The molecule has 0 aromatic rings. The highest BCUT2D eigenvalue weighted by molar-refractivity contribution is 7.80. The van der Waals surface area contributed by atoms with Gasteiger partial charge in [0, 0.05) is 19.5 Å². The lowest BCUT2D eigenvalue weighted by molar-refractivity contribution is -0.163. The van der Waals surface area contributed by atoms with E-state index in [0.29, 0.717) is 13.0 Å². The number of carbonyl (C=O) groups is 1. The number of halogens is 3. The highest BCUT2D eigenvalue weighted by Gasteiger charge is 2.43. The zero-order valence-electron chi connectivity index (χ0n) is 8.59. The minimum Gasteiger partial charge on any atom is -0.393 e. The second-order valence-electron chi connectivity index (χ2n) is 3.79. The summed E-state index contributed by atoms with van der Waals surface area (Å²) in [7, 11) is 0. The van der Waals surface area contributed by atoms with E-state index in [1.165, 1.54) is 4.90 Å². The van der Waals surface area contributed by atoms with E-state index in [1.54, 1.807) is 0 Å². The molecule has 1 amide bonds. The molecule has 0 aromatic carbocycles. The maximum absolute atomic E-state index is 12.5. The Kier molecular flexibility index (Phi) is 4.12. The van der Waals surface area contributed by atoms with Crippen molar-refractivity contribution < 1.29 is 18.0 Å². The van der Waals surface area contributed by atoms with Crippen LogP contribution in [0.2, 0.25) is 0 Å². The number of thiocarbonyl (C=S) groups is 1. The van der Waals surface area contributed by atoms with Gasteiger partial charge in [0.1, 0.15) is 5.92 Å². The van der Waals surface area contributed by atoms with Gasteiger partial charge in [0.2, 0.25) is 5.91 Å². The van der Waals surface area contributed by atoms with Crippen molar-refractivity contribution in [1.29, 1.82) is 0 Å². The molecular weight excluding hydrogens is 241 g/mol. The molecule has 92 valence electrons. The predicted octanol–water partition coefficient (Wildman–Crippen LogP) is 1.46. The Balaban J connectivity index is 2.68. The van der Waals surface area contributed by atoms with Crippen LogP contribution in [0.25, 0.3) is 0 Å². The molecule has 0 aliphatic carbocycles. The number of nitrogens with zero attached hydrogens (tertiary/aromatic N) is 1. The van der Waals surface area contributed by atoms with E-state index >= 15 is 0 Å². The van der Waals surface area contributed by atoms with E-state index in [4.69, 9.17) is 5.73 Å². The Hall–Kier alpha value is -0.850. The second kappa shape index (κ2) is 4.99. The molecule has 3 nitrogen and oxygen atoms in total. The van der Waals surface area contributed by atoms with Gasteiger partial charge in [-0.1, -0.05) is 12.2 Å². The van der Waals surface area contributed by atoms with E-state index in [-0.39, 0.29) is 5.91 Å². The third kappa shape index (κ3) is 3.33. The molecular formula is C9H13F3N2OS. The van der Waals surface area contributed by atoms with Crippen LogP contribution in [0.3, 0.4) is 0 Å². The Bertz CT molecular complexity index is 293. The summed E-state index contributed by atoms with van der Waals surface area (Å²) in [5, 5.41) is 0. The second-order valence-corrected chi connectivity index (χ2v) is 4.26. The van der Waals surface area contributed by atoms with Crippen molar-refractivity contribution in [3.8, 4) is 0 Å². The molecule has 0 aromatic heterocycles. The van der Waals surface area contributed by atoms with Crippen molar-refractivity contribution in [2.75, 3.05) is 13.1 Å². The Labute approximate surface area is 96.8 Å². The fourth-order valence-corrected chi connectivity index (χ4v) is 1.84. The highest BCUT2D eigenvalue weighted by atomic mass is 32.1. The molecule has 0 spiro atoms. The lowest BCUT2D eigenvalue weighted by atomic mass is 10.1. The number of nitrogens with two attached hydrogens (primary N) is 1. The topological polar surface area (TPSA) is 46.3 Å². The summed E-state index contributed by atoms with van der Waals surface area (Å²) in [5.41, 5.74) is 5.06. The van der Waals surface area contributed by atoms with Crippen LogP contribution in [0.15, 0.2) is 0 Å². The Morgan fingerprint density at radius 3 is 2.56 bits per heavy atom. The SMILES string of the molecule is NC(=S)C(CN1CCCCC1=O)C(F)(F)F. The van der Waals surface area contributed by atoms with Crippen LogP contribution in [0.5, 0.6) is 0 Å². The molecule has 16 heavy (non-hydrogen) atoms. The van der Waals surface area contributed by atoms with Gasteiger partial charge in [-0.25, -0.2) is 0 Å². The van der Waals surface area contributed by atoms with E-state index in [2.05, 4.69) is 12.2 Å². The van der Waals surface area contributed by atoms with Crippen molar-refractivity contribution in [2.24, 2.45) is 11.7 Å². The van der Waals surface area contributed by atoms with Gasteiger partial charge in [-0.15, -0.1) is 0 Å². The molecule has 1 atom stereocenters. The van der Waals surface area contributed by atoms with Crippen molar-refractivity contribution in [2.45, 2.75) is 25.4 Å². The van der Waals surface area contributed by atoms with Crippen LogP contribution in [-0.4, -0.2) is 35.1 Å². The number of amides is 1. The lowest BCUT2D eigenvalue weighted by Gasteiger charge is -2.31. The zero-order chi connectivity index (χ0) is 12.3. The first-order chi connectivity index (χ1) is 7.32. The summed E-state index contributed by atoms with van der Waals surface area (Å²) >= 11 is 4.39. The predicted molar refractivity (Wildman–Crippen MR) is 56.8 cm³/mol. The summed E-state index contributed by atoms with van der Waals surface area (Å²) in [6.07, 6.45) is -2.71. The van der Waals surface area contributed by atoms with Gasteiger partial charge in [0.15, 0.2) is 0 Å². The van der Waals surface area contributed by atoms with Gasteiger partial charge in [-0.05, 0) is 12.8 Å². The van der Waals surface area contributed by atoms with Crippen LogP contribution < -0.4 is 5.73 Å². The average molecular weight is 254 g/mol. The van der Waals surface area contributed by atoms with Gasteiger partial charge in [-0.3, -0.25) is 4.79 Å². The molecule has 1 unspecified atom stereocenters. The normalized spacial score (nSPS) is 19.7. The van der Waals surface area contributed by atoms with Crippen molar-refractivity contribution in [1.82, 2.24) is 4.90 Å². The Morgan fingerprint density at radius 2 is 2.12 bits per heavy atom. The number of piperidine rings is 1. The first kappa shape index (κ1) is 13.2. The first-order valence-electron chi connectivity index (χ1n) is 4.96. The molecule has 0 radical (unpaired) electrons. The van der Waals surface area contributed by atoms with E-state index in [1.807, 2.05) is 0 Å². The van der Waals surface area contributed by atoms with Crippen LogP contribution in [-0.2, 0) is 4.79 Å². The summed E-state index contributed by atoms with van der Waals surface area (Å²) in [5.74, 6) is -2.15. The number of hydrogen-bond acceptors (Lipinski definition) is 2. The van der Waals surface area contributed by atoms with Crippen LogP contribution >= 0.6 is 12.2 Å². The van der Waals surface area contributed by atoms with Crippen molar-refractivity contribution >= 4 is 23.1 Å². The molecule has 0 bridgehead atoms. The number of alkyl halides is 3. The van der Waals surface area contributed by atoms with Gasteiger partial charge in [0.05, 0.1) is 4.99 Å². The van der Waals surface area contributed by atoms with Crippen LogP contribution in [0, 0.1) is 5.92 Å². The number of hydrogen-bond donors (Lipinski definition) is 1. The van der Waals surface area contributed by atoms with Gasteiger partial charge in [0.25, 0.3) is 0 Å². The fourth-order valence-electron chi connectivity index (χ4n) is 1.63. The standard InChI is InChI=1S/C9H13F3N2OS/c10-9(11,12)6(8(13)16)5-14-4-2-1-3-7(14)15/h6H,1-5H2,(H2,13,16). The van der Waals surface area contributed by atoms with Gasteiger partial charge < -0.3 is 10.6 Å². The van der Waals surface area contributed by atoms with E-state index in [0.717, 1.165) is 12.8 Å². The highest BCUT2D eigenvalue weighted by Crippen LogP contribution is 2.28. The van der Waals surface area contributed by atoms with Crippen LogP contribution in [0.1, 0.15) is 19.3 Å². The largest absolute Gasteiger partial charge is 0.399 e.